The van der Waals surface area contributed by atoms with E-state index in [0.29, 0.717) is 35.5 Å². The van der Waals surface area contributed by atoms with Crippen LogP contribution in [0.3, 0.4) is 0 Å². The quantitative estimate of drug-likeness (QED) is 0.0945. The van der Waals surface area contributed by atoms with Crippen LogP contribution in [0.5, 0.6) is 0 Å². The van der Waals surface area contributed by atoms with Crippen LogP contribution < -0.4 is 0 Å². The largest absolute Gasteiger partial charge is 0.462 e. The molecule has 0 spiro atoms. The molecule has 0 saturated heterocycles. The van der Waals surface area contributed by atoms with Gasteiger partial charge in [-0.05, 0) is 85.0 Å². The van der Waals surface area contributed by atoms with Crippen molar-refractivity contribution in [2.45, 2.75) is 42.9 Å². The fraction of sp³-hybridized carbons (Fsp3) is 0.257. The van der Waals surface area contributed by atoms with Gasteiger partial charge < -0.3 is 9.47 Å². The average Bonchev–Trinajstić information content (AvgIpc) is 3.23. The number of rotatable bonds is 12. The first kappa shape index (κ1) is 28.9. The lowest BCUT2D eigenvalue weighted by atomic mass is 10.0. The maximum Gasteiger partial charge on any atom is 0.338 e. The van der Waals surface area contributed by atoms with Gasteiger partial charge >= 0.3 is 11.9 Å². The molecule has 4 nitrogen and oxygen atoms in total. The molecule has 0 saturated carbocycles. The van der Waals surface area contributed by atoms with Crippen molar-refractivity contribution >= 4 is 35.1 Å². The molecule has 0 N–H and O–H groups in total. The molecule has 4 aromatic rings. The van der Waals surface area contributed by atoms with Crippen molar-refractivity contribution in [1.29, 1.82) is 0 Å². The van der Waals surface area contributed by atoms with Gasteiger partial charge in [0.2, 0.25) is 0 Å². The van der Waals surface area contributed by atoms with E-state index in [1.54, 1.807) is 24.3 Å². The van der Waals surface area contributed by atoms with Crippen molar-refractivity contribution < 1.29 is 19.1 Å². The summed E-state index contributed by atoms with van der Waals surface area (Å²) in [4.78, 5) is 25.5. The Morgan fingerprint density at radius 3 is 1.39 bits per heavy atom. The van der Waals surface area contributed by atoms with Crippen LogP contribution in [0.1, 0.15) is 68.7 Å². The molecule has 1 aliphatic carbocycles. The molecule has 0 aliphatic heterocycles. The lowest BCUT2D eigenvalue weighted by Crippen LogP contribution is -2.12. The summed E-state index contributed by atoms with van der Waals surface area (Å²) in [6.45, 7) is 0.682. The number of ether oxygens (including phenoxy) is 2. The molecule has 0 bridgehead atoms. The number of esters is 2. The third-order valence-electron chi connectivity index (χ3n) is 7.35. The predicted molar refractivity (Wildman–Crippen MR) is 164 cm³/mol. The standard InChI is InChI=1S/C35H32Cl2O4/c36-35(37)31-23-27(33(38)40-21-9-7-15-25-11-3-1-4-12-25)17-19-29(31)30-20-18-28(24-32(30)35)34(39)41-22-10-8-16-26-13-5-2-6-14-26/h1-6,11-14,17-20,23-24H,7-10,15-16,21-22H2. The SMILES string of the molecule is O=C(OCCCCc1ccccc1)c1ccc2c(c1)C(Cl)(Cl)c1cc(C(=O)OCCCCc3ccccc3)ccc1-2. The molecule has 0 unspecified atom stereocenters. The van der Waals surface area contributed by atoms with Gasteiger partial charge in [-0.3, -0.25) is 0 Å². The number of aryl methyl sites for hydroxylation is 2. The summed E-state index contributed by atoms with van der Waals surface area (Å²) < 4.78 is 9.62. The molecular formula is C35H32Cl2O4. The summed E-state index contributed by atoms with van der Waals surface area (Å²) in [5.41, 5.74) is 6.17. The Morgan fingerprint density at radius 2 is 0.976 bits per heavy atom. The van der Waals surface area contributed by atoms with E-state index in [4.69, 9.17) is 32.7 Å². The number of hydrogen-bond donors (Lipinski definition) is 0. The average molecular weight is 588 g/mol. The second-order valence-electron chi connectivity index (χ2n) is 10.3. The Bertz CT molecular complexity index is 1390. The zero-order valence-electron chi connectivity index (χ0n) is 22.8. The summed E-state index contributed by atoms with van der Waals surface area (Å²) in [5, 5.41) is 0. The van der Waals surface area contributed by atoms with E-state index in [0.717, 1.165) is 49.7 Å². The molecule has 0 fully saturated rings. The van der Waals surface area contributed by atoms with E-state index in [9.17, 15) is 9.59 Å². The van der Waals surface area contributed by atoms with E-state index in [-0.39, 0.29) is 0 Å². The van der Waals surface area contributed by atoms with E-state index < -0.39 is 16.3 Å². The van der Waals surface area contributed by atoms with Gasteiger partial charge in [0.05, 0.1) is 24.3 Å². The number of fused-ring (bicyclic) bond motifs is 3. The first-order valence-electron chi connectivity index (χ1n) is 14.0. The van der Waals surface area contributed by atoms with Crippen molar-refractivity contribution in [2.24, 2.45) is 0 Å². The minimum absolute atomic E-state index is 0.341. The second kappa shape index (κ2) is 13.4. The fourth-order valence-electron chi connectivity index (χ4n) is 5.12. The highest BCUT2D eigenvalue weighted by Gasteiger charge is 2.41. The molecule has 0 aromatic heterocycles. The monoisotopic (exact) mass is 586 g/mol. The van der Waals surface area contributed by atoms with Gasteiger partial charge in [0.15, 0.2) is 4.33 Å². The zero-order chi connectivity index (χ0) is 28.7. The zero-order valence-corrected chi connectivity index (χ0v) is 24.3. The Morgan fingerprint density at radius 1 is 0.561 bits per heavy atom. The molecule has 41 heavy (non-hydrogen) atoms. The number of benzene rings is 4. The Balaban J connectivity index is 1.15. The van der Waals surface area contributed by atoms with Crippen LogP contribution in [0.25, 0.3) is 11.1 Å². The maximum absolute atomic E-state index is 12.8. The van der Waals surface area contributed by atoms with Crippen molar-refractivity contribution in [2.75, 3.05) is 13.2 Å². The Kier molecular flexibility index (Phi) is 9.43. The highest BCUT2D eigenvalue weighted by Crippen LogP contribution is 2.54. The second-order valence-corrected chi connectivity index (χ2v) is 11.6. The van der Waals surface area contributed by atoms with Crippen molar-refractivity contribution in [3.8, 4) is 11.1 Å². The van der Waals surface area contributed by atoms with E-state index in [1.165, 1.54) is 11.1 Å². The number of unbranched alkanes of at least 4 members (excludes halogenated alkanes) is 2. The van der Waals surface area contributed by atoms with Crippen LogP contribution in [-0.4, -0.2) is 25.2 Å². The van der Waals surface area contributed by atoms with Crippen molar-refractivity contribution in [3.05, 3.63) is 130 Å². The number of carbonyl (C=O) groups excluding carboxylic acids is 2. The van der Waals surface area contributed by atoms with E-state index in [2.05, 4.69) is 24.3 Å². The highest BCUT2D eigenvalue weighted by molar-refractivity contribution is 6.51. The number of alkyl halides is 2. The van der Waals surface area contributed by atoms with Gasteiger partial charge in [0.25, 0.3) is 0 Å². The van der Waals surface area contributed by atoms with Crippen LogP contribution in [0.15, 0.2) is 97.1 Å². The topological polar surface area (TPSA) is 52.6 Å². The molecule has 210 valence electrons. The van der Waals surface area contributed by atoms with E-state index in [1.807, 2.05) is 48.5 Å². The first-order chi connectivity index (χ1) is 19.9. The van der Waals surface area contributed by atoms with Gasteiger partial charge in [0.1, 0.15) is 0 Å². The molecule has 0 radical (unpaired) electrons. The summed E-state index contributed by atoms with van der Waals surface area (Å²) in [6, 6.07) is 31.0. The Labute approximate surface area is 251 Å². The van der Waals surface area contributed by atoms with Crippen LogP contribution in [-0.2, 0) is 26.6 Å². The molecule has 6 heteroatoms. The van der Waals surface area contributed by atoms with Crippen molar-refractivity contribution in [1.82, 2.24) is 0 Å². The van der Waals surface area contributed by atoms with Crippen LogP contribution in [0, 0.1) is 0 Å². The third kappa shape index (κ3) is 7.01. The number of halogens is 2. The number of hydrogen-bond acceptors (Lipinski definition) is 4. The van der Waals surface area contributed by atoms with Crippen LogP contribution in [0.4, 0.5) is 0 Å². The van der Waals surface area contributed by atoms with Crippen LogP contribution >= 0.6 is 23.2 Å². The fourth-order valence-corrected chi connectivity index (χ4v) is 5.75. The predicted octanol–water partition coefficient (Wildman–Crippen LogP) is 8.71. The first-order valence-corrected chi connectivity index (χ1v) is 14.8. The van der Waals surface area contributed by atoms with Gasteiger partial charge in [-0.25, -0.2) is 9.59 Å². The highest BCUT2D eigenvalue weighted by atomic mass is 35.5. The van der Waals surface area contributed by atoms with Crippen molar-refractivity contribution in [3.63, 3.8) is 0 Å². The molecule has 1 aliphatic rings. The van der Waals surface area contributed by atoms with Crippen LogP contribution in [0.2, 0.25) is 0 Å². The van der Waals surface area contributed by atoms with Gasteiger partial charge in [0, 0.05) is 11.1 Å². The molecule has 4 aromatic carbocycles. The summed E-state index contributed by atoms with van der Waals surface area (Å²) in [5.74, 6) is -0.826. The van der Waals surface area contributed by atoms with Gasteiger partial charge in [-0.15, -0.1) is 0 Å². The van der Waals surface area contributed by atoms with Gasteiger partial charge in [-0.1, -0.05) is 96.0 Å². The third-order valence-corrected chi connectivity index (χ3v) is 8.16. The number of carbonyl (C=O) groups is 2. The maximum atomic E-state index is 12.8. The summed E-state index contributed by atoms with van der Waals surface area (Å²) in [7, 11) is 0. The van der Waals surface area contributed by atoms with E-state index >= 15 is 0 Å². The molecule has 0 atom stereocenters. The lowest BCUT2D eigenvalue weighted by molar-refractivity contribution is 0.0489. The molecule has 5 rings (SSSR count). The Hall–Kier alpha value is -3.60. The minimum Gasteiger partial charge on any atom is -0.462 e. The molecular weight excluding hydrogens is 555 g/mol. The summed E-state index contributed by atoms with van der Waals surface area (Å²) in [6.07, 6.45) is 5.31. The molecule has 0 heterocycles. The lowest BCUT2D eigenvalue weighted by Gasteiger charge is -2.17. The summed E-state index contributed by atoms with van der Waals surface area (Å²) >= 11 is 13.7. The molecule has 0 amide bonds. The normalized spacial score (nSPS) is 12.8. The smallest absolute Gasteiger partial charge is 0.338 e. The van der Waals surface area contributed by atoms with Gasteiger partial charge in [-0.2, -0.15) is 0 Å². The minimum atomic E-state index is -1.41.